The second-order valence-corrected chi connectivity index (χ2v) is 8.15. The molecule has 0 spiro atoms. The summed E-state index contributed by atoms with van der Waals surface area (Å²) in [4.78, 5) is 0. The van der Waals surface area contributed by atoms with E-state index in [0.29, 0.717) is 6.61 Å². The normalized spacial score (nSPS) is 28.6. The molecule has 0 aromatic heterocycles. The van der Waals surface area contributed by atoms with Crippen molar-refractivity contribution in [1.29, 1.82) is 0 Å². The zero-order chi connectivity index (χ0) is 19.9. The molecule has 5 atom stereocenters. The minimum Gasteiger partial charge on any atom is -0.388 e. The smallest absolute Gasteiger partial charge is 0.186 e. The van der Waals surface area contributed by atoms with E-state index in [4.69, 9.17) is 9.47 Å². The van der Waals surface area contributed by atoms with Crippen LogP contribution < -0.4 is 0 Å². The Morgan fingerprint density at radius 1 is 0.630 bits per heavy atom. The molecule has 3 N–H and O–H groups in total. The highest BCUT2D eigenvalue weighted by Crippen LogP contribution is 2.22. The Bertz CT molecular complexity index is 339. The molecule has 162 valence electrons. The third-order valence-corrected chi connectivity index (χ3v) is 5.59. The summed E-state index contributed by atoms with van der Waals surface area (Å²) >= 11 is 0. The Morgan fingerprint density at radius 3 is 1.56 bits per heavy atom. The number of hydrogen-bond acceptors (Lipinski definition) is 5. The van der Waals surface area contributed by atoms with Crippen LogP contribution in [-0.2, 0) is 9.47 Å². The van der Waals surface area contributed by atoms with Gasteiger partial charge >= 0.3 is 0 Å². The third kappa shape index (κ3) is 10.8. The molecule has 0 aromatic rings. The van der Waals surface area contributed by atoms with Crippen LogP contribution in [0.3, 0.4) is 0 Å². The van der Waals surface area contributed by atoms with Gasteiger partial charge in [-0.15, -0.1) is 0 Å². The van der Waals surface area contributed by atoms with Crippen LogP contribution in [0.4, 0.5) is 0 Å². The van der Waals surface area contributed by atoms with E-state index in [2.05, 4.69) is 6.92 Å². The number of ether oxygens (including phenoxy) is 2. The second-order valence-electron chi connectivity index (χ2n) is 8.15. The fourth-order valence-corrected chi connectivity index (χ4v) is 3.65. The van der Waals surface area contributed by atoms with Crippen molar-refractivity contribution in [2.75, 3.05) is 6.61 Å². The van der Waals surface area contributed by atoms with E-state index < -0.39 is 30.7 Å². The molecule has 0 saturated carbocycles. The molecule has 5 heteroatoms. The zero-order valence-electron chi connectivity index (χ0n) is 17.7. The van der Waals surface area contributed by atoms with E-state index in [9.17, 15) is 15.3 Å². The van der Waals surface area contributed by atoms with Crippen molar-refractivity contribution in [3.05, 3.63) is 0 Å². The van der Waals surface area contributed by atoms with E-state index in [1.165, 1.54) is 77.0 Å². The lowest BCUT2D eigenvalue weighted by Gasteiger charge is -2.38. The molecule has 1 rings (SSSR count). The zero-order valence-corrected chi connectivity index (χ0v) is 17.7. The van der Waals surface area contributed by atoms with Crippen LogP contribution in [0.5, 0.6) is 0 Å². The summed E-state index contributed by atoms with van der Waals surface area (Å²) in [6, 6.07) is 0. The molecule has 27 heavy (non-hydrogen) atoms. The molecule has 0 unspecified atom stereocenters. The SMILES string of the molecule is CCCCCCCCCCCCCCCCO[C@H]1O[C@H](C)[C@@H](O)[C@H](O)[C@@H]1O. The highest BCUT2D eigenvalue weighted by molar-refractivity contribution is 4.87. The van der Waals surface area contributed by atoms with E-state index >= 15 is 0 Å². The molecule has 0 aliphatic carbocycles. The van der Waals surface area contributed by atoms with E-state index in [1.807, 2.05) is 0 Å². The summed E-state index contributed by atoms with van der Waals surface area (Å²) in [7, 11) is 0. The number of aliphatic hydroxyl groups is 3. The Hall–Kier alpha value is -0.200. The van der Waals surface area contributed by atoms with Crippen LogP contribution in [0.2, 0.25) is 0 Å². The average Bonchev–Trinajstić information content (AvgIpc) is 2.67. The Morgan fingerprint density at radius 2 is 1.07 bits per heavy atom. The van der Waals surface area contributed by atoms with Gasteiger partial charge in [-0.25, -0.2) is 0 Å². The van der Waals surface area contributed by atoms with Crippen LogP contribution >= 0.6 is 0 Å². The van der Waals surface area contributed by atoms with Gasteiger partial charge in [-0.2, -0.15) is 0 Å². The van der Waals surface area contributed by atoms with Gasteiger partial charge in [0.15, 0.2) is 6.29 Å². The molecular weight excluding hydrogens is 344 g/mol. The predicted octanol–water partition coefficient (Wildman–Crippen LogP) is 4.31. The van der Waals surface area contributed by atoms with Gasteiger partial charge in [-0.3, -0.25) is 0 Å². The van der Waals surface area contributed by atoms with E-state index in [-0.39, 0.29) is 0 Å². The maximum absolute atomic E-state index is 9.88. The summed E-state index contributed by atoms with van der Waals surface area (Å²) in [6.45, 7) is 4.44. The Balaban J connectivity index is 1.85. The quantitative estimate of drug-likeness (QED) is 0.343. The minimum atomic E-state index is -1.21. The van der Waals surface area contributed by atoms with E-state index in [0.717, 1.165) is 12.8 Å². The van der Waals surface area contributed by atoms with Crippen molar-refractivity contribution in [2.45, 2.75) is 134 Å². The molecule has 1 saturated heterocycles. The van der Waals surface area contributed by atoms with Crippen LogP contribution in [-0.4, -0.2) is 52.6 Å². The molecular formula is C22H44O5. The lowest BCUT2D eigenvalue weighted by atomic mass is 10.00. The molecule has 0 bridgehead atoms. The first-order valence-corrected chi connectivity index (χ1v) is 11.4. The predicted molar refractivity (Wildman–Crippen MR) is 109 cm³/mol. The maximum atomic E-state index is 9.88. The first-order chi connectivity index (χ1) is 13.1. The molecule has 1 aliphatic heterocycles. The molecule has 1 heterocycles. The topological polar surface area (TPSA) is 79.2 Å². The van der Waals surface area contributed by atoms with Crippen LogP contribution in [0.25, 0.3) is 0 Å². The molecule has 1 aliphatic rings. The molecule has 5 nitrogen and oxygen atoms in total. The van der Waals surface area contributed by atoms with Crippen molar-refractivity contribution in [1.82, 2.24) is 0 Å². The minimum absolute atomic E-state index is 0.509. The summed E-state index contributed by atoms with van der Waals surface area (Å²) in [5.41, 5.74) is 0. The molecule has 1 fully saturated rings. The first-order valence-electron chi connectivity index (χ1n) is 11.4. The van der Waals surface area contributed by atoms with Gasteiger partial charge in [-0.1, -0.05) is 90.4 Å². The molecule has 0 aromatic carbocycles. The summed E-state index contributed by atoms with van der Waals surface area (Å²) in [5, 5.41) is 29.3. The van der Waals surface area contributed by atoms with Crippen molar-refractivity contribution < 1.29 is 24.8 Å². The van der Waals surface area contributed by atoms with Crippen molar-refractivity contribution in [2.24, 2.45) is 0 Å². The number of unbranched alkanes of at least 4 members (excludes halogenated alkanes) is 13. The Kier molecular flexibility index (Phi) is 14.4. The fraction of sp³-hybridized carbons (Fsp3) is 1.00. The number of rotatable bonds is 16. The lowest BCUT2D eigenvalue weighted by Crippen LogP contribution is -2.57. The highest BCUT2D eigenvalue weighted by atomic mass is 16.7. The highest BCUT2D eigenvalue weighted by Gasteiger charge is 2.42. The maximum Gasteiger partial charge on any atom is 0.186 e. The molecule has 0 radical (unpaired) electrons. The monoisotopic (exact) mass is 388 g/mol. The summed E-state index contributed by atoms with van der Waals surface area (Å²) < 4.78 is 11.0. The first kappa shape index (κ1) is 24.8. The van der Waals surface area contributed by atoms with Gasteiger partial charge in [0, 0.05) is 6.61 Å². The number of hydrogen-bond donors (Lipinski definition) is 3. The second kappa shape index (κ2) is 15.7. The van der Waals surface area contributed by atoms with Crippen molar-refractivity contribution in [3.63, 3.8) is 0 Å². The van der Waals surface area contributed by atoms with Gasteiger partial charge in [0.25, 0.3) is 0 Å². The lowest BCUT2D eigenvalue weighted by molar-refractivity contribution is -0.293. The Labute approximate surface area is 166 Å². The van der Waals surface area contributed by atoms with Crippen molar-refractivity contribution in [3.8, 4) is 0 Å². The largest absolute Gasteiger partial charge is 0.388 e. The van der Waals surface area contributed by atoms with Gasteiger partial charge in [-0.05, 0) is 13.3 Å². The third-order valence-electron chi connectivity index (χ3n) is 5.59. The van der Waals surface area contributed by atoms with Crippen LogP contribution in [0.15, 0.2) is 0 Å². The fourth-order valence-electron chi connectivity index (χ4n) is 3.65. The standard InChI is InChI=1S/C22H44O5/c1-3-4-5-6-7-8-9-10-11-12-13-14-15-16-17-26-22-21(25)20(24)19(23)18(2)27-22/h18-25H,3-17H2,1-2H3/t18-,19-,20+,21+,22+/m1/s1. The average molecular weight is 389 g/mol. The van der Waals surface area contributed by atoms with Gasteiger partial charge in [0.2, 0.25) is 0 Å². The van der Waals surface area contributed by atoms with Gasteiger partial charge in [0.05, 0.1) is 6.10 Å². The van der Waals surface area contributed by atoms with Crippen LogP contribution in [0.1, 0.15) is 104 Å². The van der Waals surface area contributed by atoms with Crippen molar-refractivity contribution >= 4 is 0 Å². The summed E-state index contributed by atoms with van der Waals surface area (Å²) in [5.74, 6) is 0. The number of aliphatic hydroxyl groups excluding tert-OH is 3. The van der Waals surface area contributed by atoms with Gasteiger partial charge in [0.1, 0.15) is 18.3 Å². The molecule has 0 amide bonds. The van der Waals surface area contributed by atoms with Crippen LogP contribution in [0, 0.1) is 0 Å². The summed E-state index contributed by atoms with van der Waals surface area (Å²) in [6.07, 6.45) is 13.5. The van der Waals surface area contributed by atoms with E-state index in [1.54, 1.807) is 6.92 Å². The van der Waals surface area contributed by atoms with Gasteiger partial charge < -0.3 is 24.8 Å².